The molecule has 1 aliphatic heterocycles. The lowest BCUT2D eigenvalue weighted by atomic mass is 10.1. The monoisotopic (exact) mass is 417 g/mol. The van der Waals surface area contributed by atoms with Crippen molar-refractivity contribution in [2.24, 2.45) is 0 Å². The number of nitrogens with one attached hydrogen (secondary N) is 2. The van der Waals surface area contributed by atoms with Gasteiger partial charge in [0.05, 0.1) is 16.4 Å². The molecule has 0 bridgehead atoms. The molecule has 8 heteroatoms. The molecule has 1 aliphatic rings. The topological polar surface area (TPSA) is 90.3 Å². The first-order valence-electron chi connectivity index (χ1n) is 9.07. The van der Waals surface area contributed by atoms with E-state index in [0.717, 1.165) is 17.7 Å². The standard InChI is InChI=1S/C22H16ClN5O2/c23-19-13-17(30-18-9-10-25-16(12-18)14-24)7-8-20(19)26-27-22(29)28-11-3-5-15-4-1-2-6-21(15)28/h1-4,6-13,26H,5H2,(H,27,29). The van der Waals surface area contributed by atoms with Crippen LogP contribution in [-0.2, 0) is 6.42 Å². The minimum Gasteiger partial charge on any atom is -0.457 e. The van der Waals surface area contributed by atoms with Crippen molar-refractivity contribution in [2.45, 2.75) is 6.42 Å². The molecule has 2 amide bonds. The van der Waals surface area contributed by atoms with E-state index in [9.17, 15) is 4.79 Å². The maximum atomic E-state index is 12.6. The molecule has 0 atom stereocenters. The van der Waals surface area contributed by atoms with Crippen LogP contribution in [0.5, 0.6) is 11.5 Å². The smallest absolute Gasteiger partial charge is 0.344 e. The van der Waals surface area contributed by atoms with Crippen molar-refractivity contribution < 1.29 is 9.53 Å². The van der Waals surface area contributed by atoms with E-state index in [4.69, 9.17) is 21.6 Å². The number of fused-ring (bicyclic) bond motifs is 1. The van der Waals surface area contributed by atoms with E-state index < -0.39 is 0 Å². The van der Waals surface area contributed by atoms with Gasteiger partial charge in [0.1, 0.15) is 23.3 Å². The van der Waals surface area contributed by atoms with E-state index in [1.54, 1.807) is 30.5 Å². The number of hydrogen-bond donors (Lipinski definition) is 2. The van der Waals surface area contributed by atoms with Crippen molar-refractivity contribution in [3.63, 3.8) is 0 Å². The Morgan fingerprint density at radius 1 is 1.17 bits per heavy atom. The number of urea groups is 1. The predicted molar refractivity (Wildman–Crippen MR) is 114 cm³/mol. The van der Waals surface area contributed by atoms with Gasteiger partial charge in [-0.15, -0.1) is 0 Å². The summed E-state index contributed by atoms with van der Waals surface area (Å²) in [5.41, 5.74) is 8.17. The number of amides is 2. The number of hydrazine groups is 1. The van der Waals surface area contributed by atoms with Crippen molar-refractivity contribution in [2.75, 3.05) is 10.3 Å². The molecule has 0 aliphatic carbocycles. The molecule has 3 aromatic rings. The Morgan fingerprint density at radius 3 is 2.83 bits per heavy atom. The number of halogens is 1. The Morgan fingerprint density at radius 2 is 2.00 bits per heavy atom. The van der Waals surface area contributed by atoms with E-state index in [-0.39, 0.29) is 11.7 Å². The van der Waals surface area contributed by atoms with Crippen molar-refractivity contribution in [1.29, 1.82) is 5.26 Å². The average Bonchev–Trinajstić information content (AvgIpc) is 2.78. The van der Waals surface area contributed by atoms with Gasteiger partial charge in [0.25, 0.3) is 0 Å². The number of allylic oxidation sites excluding steroid dienone is 1. The Hall–Kier alpha value is -4.02. The highest BCUT2D eigenvalue weighted by Crippen LogP contribution is 2.30. The number of benzene rings is 2. The molecule has 0 radical (unpaired) electrons. The maximum absolute atomic E-state index is 12.6. The summed E-state index contributed by atoms with van der Waals surface area (Å²) in [5.74, 6) is 0.960. The number of rotatable bonds is 4. The third kappa shape index (κ3) is 4.19. The van der Waals surface area contributed by atoms with E-state index in [1.165, 1.54) is 17.2 Å². The summed E-state index contributed by atoms with van der Waals surface area (Å²) in [6.07, 6.45) is 5.95. The third-order valence-electron chi connectivity index (χ3n) is 4.39. The Labute approximate surface area is 178 Å². The van der Waals surface area contributed by atoms with Gasteiger partial charge in [-0.3, -0.25) is 15.8 Å². The van der Waals surface area contributed by atoms with Crippen LogP contribution in [0, 0.1) is 11.3 Å². The summed E-state index contributed by atoms with van der Waals surface area (Å²) in [5, 5.41) is 9.28. The zero-order valence-corrected chi connectivity index (χ0v) is 16.4. The molecule has 0 saturated heterocycles. The number of pyridine rings is 1. The second kappa shape index (κ2) is 8.55. The van der Waals surface area contributed by atoms with Gasteiger partial charge in [0.15, 0.2) is 0 Å². The molecular weight excluding hydrogens is 402 g/mol. The van der Waals surface area contributed by atoms with Crippen molar-refractivity contribution >= 4 is 29.0 Å². The van der Waals surface area contributed by atoms with Gasteiger partial charge in [-0.1, -0.05) is 35.9 Å². The SMILES string of the molecule is N#Cc1cc(Oc2ccc(NNC(=O)N3C=CCc4ccccc43)c(Cl)c2)ccn1. The molecular formula is C22H16ClN5O2. The van der Waals surface area contributed by atoms with Gasteiger partial charge in [0, 0.05) is 24.5 Å². The molecule has 2 heterocycles. The van der Waals surface area contributed by atoms with Gasteiger partial charge in [0.2, 0.25) is 0 Å². The van der Waals surface area contributed by atoms with Crippen LogP contribution in [0.3, 0.4) is 0 Å². The normalized spacial score (nSPS) is 11.9. The highest BCUT2D eigenvalue weighted by Gasteiger charge is 2.18. The molecule has 2 N–H and O–H groups in total. The first-order valence-corrected chi connectivity index (χ1v) is 9.45. The molecule has 7 nitrogen and oxygen atoms in total. The highest BCUT2D eigenvalue weighted by atomic mass is 35.5. The van der Waals surface area contributed by atoms with Crippen LogP contribution in [0.25, 0.3) is 0 Å². The van der Waals surface area contributed by atoms with Crippen LogP contribution in [0.2, 0.25) is 5.02 Å². The first-order chi connectivity index (χ1) is 14.6. The maximum Gasteiger partial charge on any atom is 0.344 e. The number of carbonyl (C=O) groups is 1. The average molecular weight is 418 g/mol. The molecule has 0 spiro atoms. The van der Waals surface area contributed by atoms with Crippen molar-refractivity contribution in [1.82, 2.24) is 10.4 Å². The van der Waals surface area contributed by atoms with Gasteiger partial charge in [-0.25, -0.2) is 9.78 Å². The van der Waals surface area contributed by atoms with Crippen LogP contribution in [0.15, 0.2) is 73.1 Å². The first kappa shape index (κ1) is 19.3. The molecule has 1 aromatic heterocycles. The summed E-state index contributed by atoms with van der Waals surface area (Å²) in [7, 11) is 0. The van der Waals surface area contributed by atoms with E-state index in [2.05, 4.69) is 15.8 Å². The van der Waals surface area contributed by atoms with E-state index in [0.29, 0.717) is 22.2 Å². The molecule has 2 aromatic carbocycles. The molecule has 0 unspecified atom stereocenters. The molecule has 4 rings (SSSR count). The summed E-state index contributed by atoms with van der Waals surface area (Å²) in [6, 6.07) is 17.5. The minimum atomic E-state index is -0.337. The number of hydrogen-bond acceptors (Lipinski definition) is 5. The number of ether oxygens (including phenoxy) is 1. The fourth-order valence-electron chi connectivity index (χ4n) is 2.97. The van der Waals surface area contributed by atoms with Crippen LogP contribution >= 0.6 is 11.6 Å². The number of carbonyl (C=O) groups excluding carboxylic acids is 1. The van der Waals surface area contributed by atoms with Gasteiger partial charge >= 0.3 is 6.03 Å². The Bertz CT molecular complexity index is 1170. The minimum absolute atomic E-state index is 0.257. The van der Waals surface area contributed by atoms with E-state index >= 15 is 0 Å². The number of anilines is 2. The number of aromatic nitrogens is 1. The lowest BCUT2D eigenvalue weighted by molar-refractivity contribution is 0.250. The summed E-state index contributed by atoms with van der Waals surface area (Å²) < 4.78 is 5.71. The van der Waals surface area contributed by atoms with Crippen LogP contribution in [0.1, 0.15) is 11.3 Å². The largest absolute Gasteiger partial charge is 0.457 e. The van der Waals surface area contributed by atoms with E-state index in [1.807, 2.05) is 36.4 Å². The summed E-state index contributed by atoms with van der Waals surface area (Å²) in [4.78, 5) is 18.0. The summed E-state index contributed by atoms with van der Waals surface area (Å²) in [6.45, 7) is 0. The van der Waals surface area contributed by atoms with Crippen LogP contribution in [-0.4, -0.2) is 11.0 Å². The number of nitrogens with zero attached hydrogens (tertiary/aromatic N) is 3. The van der Waals surface area contributed by atoms with Crippen molar-refractivity contribution in [3.05, 3.63) is 89.4 Å². The van der Waals surface area contributed by atoms with Gasteiger partial charge in [-0.05, 0) is 36.2 Å². The zero-order chi connectivity index (χ0) is 20.9. The third-order valence-corrected chi connectivity index (χ3v) is 4.70. The van der Waals surface area contributed by atoms with Crippen molar-refractivity contribution in [3.8, 4) is 17.6 Å². The lowest BCUT2D eigenvalue weighted by Crippen LogP contribution is -2.41. The fraction of sp³-hybridized carbons (Fsp3) is 0.0455. The zero-order valence-electron chi connectivity index (χ0n) is 15.7. The highest BCUT2D eigenvalue weighted by molar-refractivity contribution is 6.33. The van der Waals surface area contributed by atoms with Crippen LogP contribution < -0.4 is 20.5 Å². The molecule has 0 saturated carbocycles. The second-order valence-corrected chi connectivity index (χ2v) is 6.78. The van der Waals surface area contributed by atoms with Gasteiger partial charge < -0.3 is 4.74 Å². The Balaban J connectivity index is 1.42. The molecule has 0 fully saturated rings. The predicted octanol–water partition coefficient (Wildman–Crippen LogP) is 5.01. The molecule has 148 valence electrons. The Kier molecular flexibility index (Phi) is 5.50. The van der Waals surface area contributed by atoms with Gasteiger partial charge in [-0.2, -0.15) is 5.26 Å². The van der Waals surface area contributed by atoms with Crippen LogP contribution in [0.4, 0.5) is 16.2 Å². The quantitative estimate of drug-likeness (QED) is 0.582. The lowest BCUT2D eigenvalue weighted by Gasteiger charge is -2.25. The number of para-hydroxylation sites is 1. The molecule has 30 heavy (non-hydrogen) atoms. The second-order valence-electron chi connectivity index (χ2n) is 6.38. The fourth-order valence-corrected chi connectivity index (χ4v) is 3.19. The number of nitriles is 1. The summed E-state index contributed by atoms with van der Waals surface area (Å²) >= 11 is 6.32.